The molecule has 1 heterocycles. The van der Waals surface area contributed by atoms with Crippen LogP contribution < -0.4 is 4.90 Å². The summed E-state index contributed by atoms with van der Waals surface area (Å²) < 4.78 is 69.8. The van der Waals surface area contributed by atoms with E-state index < -0.39 is 42.3 Å². The smallest absolute Gasteiger partial charge is 0.418 e. The van der Waals surface area contributed by atoms with Crippen LogP contribution in [-0.2, 0) is 10.9 Å². The first-order valence-corrected chi connectivity index (χ1v) is 6.06. The Labute approximate surface area is 117 Å². The number of halogens is 5. The van der Waals surface area contributed by atoms with Gasteiger partial charge in [-0.2, -0.15) is 13.2 Å². The minimum absolute atomic E-state index is 0.115. The SMILES string of the molecule is COC(=O)c1ccc(C(F)(F)F)c(N2CCC(F)(F)C2)c1. The second-order valence-corrected chi connectivity index (χ2v) is 4.75. The lowest BCUT2D eigenvalue weighted by molar-refractivity contribution is -0.137. The van der Waals surface area contributed by atoms with Crippen LogP contribution in [0.15, 0.2) is 18.2 Å². The first kappa shape index (κ1) is 15.5. The van der Waals surface area contributed by atoms with Crippen molar-refractivity contribution < 1.29 is 31.5 Å². The molecule has 3 nitrogen and oxygen atoms in total. The molecule has 1 aromatic carbocycles. The average Bonchev–Trinajstić information content (AvgIpc) is 2.76. The summed E-state index contributed by atoms with van der Waals surface area (Å²) in [5.74, 6) is -3.86. The Kier molecular flexibility index (Phi) is 3.81. The summed E-state index contributed by atoms with van der Waals surface area (Å²) >= 11 is 0. The Morgan fingerprint density at radius 2 is 2.00 bits per heavy atom. The fourth-order valence-corrected chi connectivity index (χ4v) is 2.22. The zero-order valence-electron chi connectivity index (χ0n) is 11.0. The molecule has 0 aromatic heterocycles. The van der Waals surface area contributed by atoms with Gasteiger partial charge in [0.05, 0.1) is 30.5 Å². The number of carbonyl (C=O) groups is 1. The Morgan fingerprint density at radius 3 is 2.48 bits per heavy atom. The lowest BCUT2D eigenvalue weighted by Gasteiger charge is -2.23. The number of anilines is 1. The fourth-order valence-electron chi connectivity index (χ4n) is 2.22. The molecule has 1 aromatic rings. The van der Waals surface area contributed by atoms with E-state index in [2.05, 4.69) is 4.74 Å². The van der Waals surface area contributed by atoms with E-state index in [0.29, 0.717) is 6.07 Å². The molecule has 0 aliphatic carbocycles. The van der Waals surface area contributed by atoms with E-state index in [-0.39, 0.29) is 12.1 Å². The van der Waals surface area contributed by atoms with Crippen molar-refractivity contribution >= 4 is 11.7 Å². The molecule has 0 spiro atoms. The third-order valence-corrected chi connectivity index (χ3v) is 3.23. The largest absolute Gasteiger partial charge is 0.465 e. The van der Waals surface area contributed by atoms with Crippen LogP contribution in [0, 0.1) is 0 Å². The van der Waals surface area contributed by atoms with Gasteiger partial charge in [0, 0.05) is 13.0 Å². The van der Waals surface area contributed by atoms with Crippen molar-refractivity contribution in [3.63, 3.8) is 0 Å². The van der Waals surface area contributed by atoms with Crippen LogP contribution in [0.5, 0.6) is 0 Å². The van der Waals surface area contributed by atoms with Gasteiger partial charge in [-0.15, -0.1) is 0 Å². The van der Waals surface area contributed by atoms with Gasteiger partial charge in [0.25, 0.3) is 5.92 Å². The van der Waals surface area contributed by atoms with Crippen LogP contribution in [-0.4, -0.2) is 32.1 Å². The monoisotopic (exact) mass is 309 g/mol. The molecule has 1 fully saturated rings. The van der Waals surface area contributed by atoms with E-state index in [1.54, 1.807) is 0 Å². The summed E-state index contributed by atoms with van der Waals surface area (Å²) in [6.07, 6.45) is -5.21. The van der Waals surface area contributed by atoms with Crippen molar-refractivity contribution in [3.8, 4) is 0 Å². The molecular formula is C13H12F5NO2. The number of methoxy groups -OCH3 is 1. The molecule has 0 radical (unpaired) electrons. The number of nitrogens with zero attached hydrogens (tertiary/aromatic N) is 1. The number of rotatable bonds is 2. The third kappa shape index (κ3) is 3.25. The molecule has 21 heavy (non-hydrogen) atoms. The Balaban J connectivity index is 2.47. The van der Waals surface area contributed by atoms with Gasteiger partial charge in [0.15, 0.2) is 0 Å². The highest BCUT2D eigenvalue weighted by atomic mass is 19.4. The highest BCUT2D eigenvalue weighted by molar-refractivity contribution is 5.91. The lowest BCUT2D eigenvalue weighted by atomic mass is 10.1. The molecule has 0 bridgehead atoms. The maximum Gasteiger partial charge on any atom is 0.418 e. The highest BCUT2D eigenvalue weighted by Gasteiger charge is 2.42. The van der Waals surface area contributed by atoms with Crippen molar-refractivity contribution in [3.05, 3.63) is 29.3 Å². The van der Waals surface area contributed by atoms with Gasteiger partial charge < -0.3 is 9.64 Å². The second kappa shape index (κ2) is 5.16. The summed E-state index contributed by atoms with van der Waals surface area (Å²) in [4.78, 5) is 12.3. The zero-order valence-corrected chi connectivity index (χ0v) is 11.0. The summed E-state index contributed by atoms with van der Waals surface area (Å²) in [5, 5.41) is 0. The van der Waals surface area contributed by atoms with Gasteiger partial charge in [0.1, 0.15) is 0 Å². The van der Waals surface area contributed by atoms with Crippen LogP contribution in [0.3, 0.4) is 0 Å². The molecular weight excluding hydrogens is 297 g/mol. The number of hydrogen-bond donors (Lipinski definition) is 0. The summed E-state index contributed by atoms with van der Waals surface area (Å²) in [7, 11) is 1.09. The topological polar surface area (TPSA) is 29.5 Å². The predicted octanol–water partition coefficient (Wildman–Crippen LogP) is 3.34. The number of alkyl halides is 5. The number of esters is 1. The predicted molar refractivity (Wildman–Crippen MR) is 64.6 cm³/mol. The average molecular weight is 309 g/mol. The minimum atomic E-state index is -4.69. The van der Waals surface area contributed by atoms with E-state index in [1.807, 2.05) is 0 Å². The molecule has 1 aliphatic heterocycles. The number of carbonyl (C=O) groups excluding carboxylic acids is 1. The van der Waals surface area contributed by atoms with Gasteiger partial charge in [-0.25, -0.2) is 13.6 Å². The molecule has 1 saturated heterocycles. The Morgan fingerprint density at radius 1 is 1.33 bits per heavy atom. The van der Waals surface area contributed by atoms with Gasteiger partial charge in [-0.05, 0) is 18.2 Å². The van der Waals surface area contributed by atoms with Crippen molar-refractivity contribution in [2.75, 3.05) is 25.1 Å². The van der Waals surface area contributed by atoms with E-state index in [1.165, 1.54) is 0 Å². The molecule has 1 aliphatic rings. The van der Waals surface area contributed by atoms with E-state index >= 15 is 0 Å². The molecule has 8 heteroatoms. The van der Waals surface area contributed by atoms with Gasteiger partial charge >= 0.3 is 12.1 Å². The maximum absolute atomic E-state index is 13.2. The molecule has 0 unspecified atom stereocenters. The van der Waals surface area contributed by atoms with E-state index in [0.717, 1.165) is 24.1 Å². The molecule has 0 saturated carbocycles. The maximum atomic E-state index is 13.2. The highest BCUT2D eigenvalue weighted by Crippen LogP contribution is 2.40. The fraction of sp³-hybridized carbons (Fsp3) is 0.462. The molecule has 0 amide bonds. The van der Waals surface area contributed by atoms with Crippen LogP contribution in [0.1, 0.15) is 22.3 Å². The van der Waals surface area contributed by atoms with Crippen molar-refractivity contribution in [1.82, 2.24) is 0 Å². The summed E-state index contributed by atoms with van der Waals surface area (Å²) in [6, 6.07) is 2.61. The van der Waals surface area contributed by atoms with Crippen molar-refractivity contribution in [2.45, 2.75) is 18.5 Å². The van der Waals surface area contributed by atoms with Crippen molar-refractivity contribution in [1.29, 1.82) is 0 Å². The third-order valence-electron chi connectivity index (χ3n) is 3.23. The number of benzene rings is 1. The Hall–Kier alpha value is -1.86. The first-order valence-electron chi connectivity index (χ1n) is 6.06. The molecule has 0 N–H and O–H groups in total. The van der Waals surface area contributed by atoms with Gasteiger partial charge in [-0.1, -0.05) is 0 Å². The van der Waals surface area contributed by atoms with Crippen LogP contribution in [0.4, 0.5) is 27.6 Å². The minimum Gasteiger partial charge on any atom is -0.465 e. The van der Waals surface area contributed by atoms with Crippen LogP contribution in [0.25, 0.3) is 0 Å². The van der Waals surface area contributed by atoms with Crippen LogP contribution in [0.2, 0.25) is 0 Å². The summed E-state index contributed by atoms with van der Waals surface area (Å²) in [6.45, 7) is -1.01. The molecule has 2 rings (SSSR count). The molecule has 116 valence electrons. The first-order chi connectivity index (χ1) is 9.64. The zero-order chi connectivity index (χ0) is 15.8. The quantitative estimate of drug-likeness (QED) is 0.620. The summed E-state index contributed by atoms with van der Waals surface area (Å²) in [5.41, 5.74) is -1.59. The van der Waals surface area contributed by atoms with Gasteiger partial charge in [-0.3, -0.25) is 0 Å². The van der Waals surface area contributed by atoms with Crippen LogP contribution >= 0.6 is 0 Å². The Bertz CT molecular complexity index is 556. The van der Waals surface area contributed by atoms with E-state index in [4.69, 9.17) is 0 Å². The second-order valence-electron chi connectivity index (χ2n) is 4.75. The normalized spacial score (nSPS) is 17.9. The molecule has 0 atom stereocenters. The lowest BCUT2D eigenvalue weighted by Crippen LogP contribution is -2.27. The number of ether oxygens (including phenoxy) is 1. The van der Waals surface area contributed by atoms with Crippen molar-refractivity contribution in [2.24, 2.45) is 0 Å². The van der Waals surface area contributed by atoms with E-state index in [9.17, 15) is 26.7 Å². The van der Waals surface area contributed by atoms with Gasteiger partial charge in [0.2, 0.25) is 0 Å². The standard InChI is InChI=1S/C13H12F5NO2/c1-21-11(20)8-2-3-9(13(16,17)18)10(6-8)19-5-4-12(14,15)7-19/h2-3,6H,4-5,7H2,1H3. The number of hydrogen-bond acceptors (Lipinski definition) is 3.